The quantitative estimate of drug-likeness (QED) is 0.907. The molecule has 1 aromatic carbocycles. The van der Waals surface area contributed by atoms with Crippen molar-refractivity contribution in [2.45, 2.75) is 39.8 Å². The van der Waals surface area contributed by atoms with E-state index in [1.54, 1.807) is 23.7 Å². The van der Waals surface area contributed by atoms with Gasteiger partial charge in [0.05, 0.1) is 16.4 Å². The smallest absolute Gasteiger partial charge is 0.126 e. The summed E-state index contributed by atoms with van der Waals surface area (Å²) in [6.45, 7) is 6.40. The molecule has 21 heavy (non-hydrogen) atoms. The van der Waals surface area contributed by atoms with Crippen LogP contribution in [-0.4, -0.2) is 9.78 Å². The second-order valence-electron chi connectivity index (χ2n) is 5.30. The van der Waals surface area contributed by atoms with Crippen molar-refractivity contribution in [3.8, 4) is 0 Å². The summed E-state index contributed by atoms with van der Waals surface area (Å²) >= 11 is 6.32. The van der Waals surface area contributed by atoms with E-state index in [0.29, 0.717) is 12.1 Å². The molecule has 1 unspecified atom stereocenters. The monoisotopic (exact) mass is 309 g/mol. The average molecular weight is 310 g/mol. The van der Waals surface area contributed by atoms with Crippen LogP contribution in [0.2, 0.25) is 5.02 Å². The van der Waals surface area contributed by atoms with Gasteiger partial charge in [0.2, 0.25) is 0 Å². The molecule has 0 amide bonds. The molecule has 2 aromatic rings. The predicted octanol–water partition coefficient (Wildman–Crippen LogP) is 3.93. The third-order valence-corrected chi connectivity index (χ3v) is 4.21. The molecule has 0 saturated heterocycles. The van der Waals surface area contributed by atoms with Crippen LogP contribution in [0.25, 0.3) is 0 Å². The maximum atomic E-state index is 13.6. The first kappa shape index (κ1) is 16.0. The lowest BCUT2D eigenvalue weighted by Gasteiger charge is -2.15. The van der Waals surface area contributed by atoms with Crippen molar-refractivity contribution in [2.24, 2.45) is 7.05 Å². The number of halogens is 2. The van der Waals surface area contributed by atoms with Crippen LogP contribution in [-0.2, 0) is 20.0 Å². The Morgan fingerprint density at radius 1 is 1.43 bits per heavy atom. The van der Waals surface area contributed by atoms with Crippen molar-refractivity contribution in [3.05, 3.63) is 51.6 Å². The van der Waals surface area contributed by atoms with Crippen LogP contribution in [0.3, 0.4) is 0 Å². The van der Waals surface area contributed by atoms with Gasteiger partial charge in [-0.15, -0.1) is 0 Å². The average Bonchev–Trinajstić information content (AvgIpc) is 2.73. The number of nitrogens with zero attached hydrogens (tertiary/aromatic N) is 2. The van der Waals surface area contributed by atoms with Crippen molar-refractivity contribution < 1.29 is 4.39 Å². The Morgan fingerprint density at radius 2 is 2.14 bits per heavy atom. The molecule has 5 heteroatoms. The minimum atomic E-state index is -0.173. The third kappa shape index (κ3) is 3.44. The Labute approximate surface area is 130 Å². The molecule has 1 N–H and O–H groups in total. The number of nitrogens with one attached hydrogen (secondary N) is 1. The zero-order valence-corrected chi connectivity index (χ0v) is 13.6. The Morgan fingerprint density at radius 3 is 2.71 bits per heavy atom. The van der Waals surface area contributed by atoms with E-state index < -0.39 is 0 Å². The van der Waals surface area contributed by atoms with Gasteiger partial charge >= 0.3 is 0 Å². The van der Waals surface area contributed by atoms with Gasteiger partial charge in [-0.2, -0.15) is 5.10 Å². The maximum absolute atomic E-state index is 13.6. The van der Waals surface area contributed by atoms with Gasteiger partial charge in [0, 0.05) is 19.6 Å². The normalized spacial score (nSPS) is 12.7. The predicted molar refractivity (Wildman–Crippen MR) is 84.0 cm³/mol. The summed E-state index contributed by atoms with van der Waals surface area (Å²) < 4.78 is 15.4. The fourth-order valence-corrected chi connectivity index (χ4v) is 2.62. The van der Waals surface area contributed by atoms with Gasteiger partial charge in [-0.1, -0.05) is 30.7 Å². The van der Waals surface area contributed by atoms with E-state index in [1.807, 2.05) is 27.0 Å². The molecule has 0 aliphatic heterocycles. The van der Waals surface area contributed by atoms with E-state index in [9.17, 15) is 4.39 Å². The first-order valence-corrected chi connectivity index (χ1v) is 7.51. The maximum Gasteiger partial charge on any atom is 0.126 e. The van der Waals surface area contributed by atoms with Gasteiger partial charge in [-0.3, -0.25) is 4.68 Å². The van der Waals surface area contributed by atoms with Crippen LogP contribution in [0.5, 0.6) is 0 Å². The van der Waals surface area contributed by atoms with Crippen LogP contribution >= 0.6 is 11.6 Å². The number of benzene rings is 1. The van der Waals surface area contributed by atoms with E-state index >= 15 is 0 Å². The number of rotatable bonds is 5. The van der Waals surface area contributed by atoms with Crippen LogP contribution < -0.4 is 5.32 Å². The SMILES string of the molecule is CCc1nn(C)c(CNC(C)c2ccc(C)c(F)c2)c1Cl. The van der Waals surface area contributed by atoms with Gasteiger partial charge in [0.15, 0.2) is 0 Å². The highest BCUT2D eigenvalue weighted by Gasteiger charge is 2.14. The molecule has 0 fully saturated rings. The summed E-state index contributed by atoms with van der Waals surface area (Å²) in [7, 11) is 1.89. The topological polar surface area (TPSA) is 29.9 Å². The Balaban J connectivity index is 2.09. The van der Waals surface area contributed by atoms with E-state index in [0.717, 1.165) is 28.4 Å². The van der Waals surface area contributed by atoms with Crippen molar-refractivity contribution in [3.63, 3.8) is 0 Å². The first-order chi connectivity index (χ1) is 9.93. The lowest BCUT2D eigenvalue weighted by Crippen LogP contribution is -2.20. The Bertz CT molecular complexity index is 637. The highest BCUT2D eigenvalue weighted by Crippen LogP contribution is 2.22. The lowest BCUT2D eigenvalue weighted by atomic mass is 10.1. The molecule has 1 aromatic heterocycles. The molecule has 0 aliphatic carbocycles. The third-order valence-electron chi connectivity index (χ3n) is 3.77. The molecular weight excluding hydrogens is 289 g/mol. The lowest BCUT2D eigenvalue weighted by molar-refractivity contribution is 0.541. The van der Waals surface area contributed by atoms with Crippen LogP contribution in [0.4, 0.5) is 4.39 Å². The fraction of sp³-hybridized carbons (Fsp3) is 0.438. The van der Waals surface area contributed by atoms with Crippen molar-refractivity contribution >= 4 is 11.6 Å². The van der Waals surface area contributed by atoms with E-state index in [1.165, 1.54) is 0 Å². The molecule has 2 rings (SSSR count). The van der Waals surface area contributed by atoms with Gasteiger partial charge in [-0.05, 0) is 37.5 Å². The molecule has 0 spiro atoms. The summed E-state index contributed by atoms with van der Waals surface area (Å²) in [4.78, 5) is 0. The molecule has 1 atom stereocenters. The molecule has 0 bridgehead atoms. The van der Waals surface area contributed by atoms with E-state index in [4.69, 9.17) is 11.6 Å². The van der Waals surface area contributed by atoms with Gasteiger partial charge in [0.1, 0.15) is 5.82 Å². The number of aryl methyl sites for hydroxylation is 3. The molecule has 1 heterocycles. The largest absolute Gasteiger partial charge is 0.305 e. The summed E-state index contributed by atoms with van der Waals surface area (Å²) in [6, 6.07) is 5.36. The molecule has 0 aliphatic rings. The minimum absolute atomic E-state index is 0.0381. The van der Waals surface area contributed by atoms with Crippen LogP contribution in [0, 0.1) is 12.7 Å². The summed E-state index contributed by atoms with van der Waals surface area (Å²) in [5.74, 6) is -0.173. The molecule has 0 saturated carbocycles. The second-order valence-corrected chi connectivity index (χ2v) is 5.67. The first-order valence-electron chi connectivity index (χ1n) is 7.13. The molecular formula is C16H21ClFN3. The standard InChI is InChI=1S/C16H21ClFN3/c1-5-14-16(17)15(21(4)20-14)9-19-11(3)12-7-6-10(2)13(18)8-12/h6-8,11,19H,5,9H2,1-4H3. The highest BCUT2D eigenvalue weighted by atomic mass is 35.5. The van der Waals surface area contributed by atoms with E-state index in [2.05, 4.69) is 10.4 Å². The molecule has 0 radical (unpaired) electrons. The van der Waals surface area contributed by atoms with Gasteiger partial charge < -0.3 is 5.32 Å². The summed E-state index contributed by atoms with van der Waals surface area (Å²) in [5, 5.41) is 8.48. The Kier molecular flexibility index (Phi) is 5.01. The number of hydrogen-bond donors (Lipinski definition) is 1. The summed E-state index contributed by atoms with van der Waals surface area (Å²) in [5.41, 5.74) is 3.44. The van der Waals surface area contributed by atoms with Crippen molar-refractivity contribution in [1.29, 1.82) is 0 Å². The highest BCUT2D eigenvalue weighted by molar-refractivity contribution is 6.31. The minimum Gasteiger partial charge on any atom is -0.305 e. The molecule has 3 nitrogen and oxygen atoms in total. The zero-order valence-electron chi connectivity index (χ0n) is 12.9. The van der Waals surface area contributed by atoms with Crippen LogP contribution in [0.1, 0.15) is 42.4 Å². The zero-order chi connectivity index (χ0) is 15.6. The van der Waals surface area contributed by atoms with Crippen molar-refractivity contribution in [2.75, 3.05) is 0 Å². The van der Waals surface area contributed by atoms with Gasteiger partial charge in [-0.25, -0.2) is 4.39 Å². The second kappa shape index (κ2) is 6.58. The Hall–Kier alpha value is -1.39. The number of aromatic nitrogens is 2. The molecule has 114 valence electrons. The number of hydrogen-bond acceptors (Lipinski definition) is 2. The summed E-state index contributed by atoms with van der Waals surface area (Å²) in [6.07, 6.45) is 0.811. The van der Waals surface area contributed by atoms with Crippen molar-refractivity contribution in [1.82, 2.24) is 15.1 Å². The van der Waals surface area contributed by atoms with Gasteiger partial charge in [0.25, 0.3) is 0 Å². The fourth-order valence-electron chi connectivity index (χ4n) is 2.26. The van der Waals surface area contributed by atoms with Crippen LogP contribution in [0.15, 0.2) is 18.2 Å². The van der Waals surface area contributed by atoms with E-state index in [-0.39, 0.29) is 11.9 Å².